The van der Waals surface area contributed by atoms with Crippen LogP contribution in [0, 0.1) is 12.7 Å². The number of hydrogen-bond donors (Lipinski definition) is 1. The van der Waals surface area contributed by atoms with Crippen LogP contribution in [0.1, 0.15) is 17.8 Å². The van der Waals surface area contributed by atoms with Crippen LogP contribution in [-0.2, 0) is 17.5 Å². The lowest BCUT2D eigenvalue weighted by molar-refractivity contribution is -0.137. The van der Waals surface area contributed by atoms with Crippen molar-refractivity contribution in [3.8, 4) is 5.69 Å². The van der Waals surface area contributed by atoms with E-state index < -0.39 is 29.0 Å². The number of rotatable bonds is 5. The number of aryl methyl sites for hydroxylation is 1. The Morgan fingerprint density at radius 2 is 1.79 bits per heavy atom. The highest BCUT2D eigenvalue weighted by atomic mass is 19.4. The van der Waals surface area contributed by atoms with Crippen LogP contribution in [0.15, 0.2) is 59.5 Å². The molecule has 4 aromatic rings. The molecule has 0 aliphatic rings. The van der Waals surface area contributed by atoms with E-state index in [2.05, 4.69) is 15.4 Å². The van der Waals surface area contributed by atoms with Crippen molar-refractivity contribution in [1.29, 1.82) is 0 Å². The van der Waals surface area contributed by atoms with E-state index in [1.165, 1.54) is 51.8 Å². The molecule has 33 heavy (non-hydrogen) atoms. The quantitative estimate of drug-likeness (QED) is 0.456. The number of benzene rings is 2. The van der Waals surface area contributed by atoms with Gasteiger partial charge in [0, 0.05) is 13.0 Å². The van der Waals surface area contributed by atoms with Crippen LogP contribution in [0.25, 0.3) is 16.7 Å². The first-order valence-electron chi connectivity index (χ1n) is 9.82. The second-order valence-corrected chi connectivity index (χ2v) is 7.23. The molecule has 170 valence electrons. The van der Waals surface area contributed by atoms with E-state index in [0.717, 1.165) is 12.1 Å². The SMILES string of the molecule is Cc1nc2c(cnn2-c2ccc(F)cc2)c(=O)n1CCC(=O)Nc1ccccc1C(F)(F)F. The molecule has 0 spiro atoms. The van der Waals surface area contributed by atoms with Gasteiger partial charge < -0.3 is 5.32 Å². The maximum atomic E-state index is 13.2. The number of aromatic nitrogens is 4. The van der Waals surface area contributed by atoms with Crippen LogP contribution in [0.3, 0.4) is 0 Å². The molecule has 0 saturated heterocycles. The summed E-state index contributed by atoms with van der Waals surface area (Å²) in [5, 5.41) is 6.59. The molecule has 2 aromatic carbocycles. The third-order valence-electron chi connectivity index (χ3n) is 5.02. The molecular weight excluding hydrogens is 442 g/mol. The first-order chi connectivity index (χ1) is 15.6. The number of carbonyl (C=O) groups excluding carboxylic acids is 1. The van der Waals surface area contributed by atoms with Crippen molar-refractivity contribution in [2.45, 2.75) is 26.1 Å². The number of nitrogens with one attached hydrogen (secondary N) is 1. The summed E-state index contributed by atoms with van der Waals surface area (Å²) in [7, 11) is 0. The molecule has 2 heterocycles. The zero-order chi connectivity index (χ0) is 23.8. The largest absolute Gasteiger partial charge is 0.418 e. The number of amides is 1. The number of alkyl halides is 3. The minimum atomic E-state index is -4.61. The van der Waals surface area contributed by atoms with Gasteiger partial charge >= 0.3 is 6.18 Å². The highest BCUT2D eigenvalue weighted by Gasteiger charge is 2.33. The fraction of sp³-hybridized carbons (Fsp3) is 0.182. The van der Waals surface area contributed by atoms with E-state index in [1.54, 1.807) is 6.92 Å². The standard InChI is InChI=1S/C22H17F4N5O2/c1-13-28-20-16(12-27-31(20)15-8-6-14(23)7-9-15)21(33)30(13)11-10-19(32)29-18-5-3-2-4-17(18)22(24,25)26/h2-9,12H,10-11H2,1H3,(H,29,32). The molecule has 0 radical (unpaired) electrons. The molecule has 0 saturated carbocycles. The Bertz CT molecular complexity index is 1390. The van der Waals surface area contributed by atoms with E-state index in [0.29, 0.717) is 11.5 Å². The van der Waals surface area contributed by atoms with E-state index in [9.17, 15) is 27.2 Å². The lowest BCUT2D eigenvalue weighted by atomic mass is 10.1. The third kappa shape index (κ3) is 4.47. The van der Waals surface area contributed by atoms with Crippen molar-refractivity contribution in [2.24, 2.45) is 0 Å². The number of para-hydroxylation sites is 1. The molecule has 0 fully saturated rings. The average molecular weight is 459 g/mol. The minimum absolute atomic E-state index is 0.0879. The summed E-state index contributed by atoms with van der Waals surface area (Å²) in [5.74, 6) is -0.808. The van der Waals surface area contributed by atoms with E-state index in [4.69, 9.17) is 0 Å². The van der Waals surface area contributed by atoms with Gasteiger partial charge in [-0.2, -0.15) is 18.3 Å². The lowest BCUT2D eigenvalue weighted by Gasteiger charge is -2.14. The second-order valence-electron chi connectivity index (χ2n) is 7.23. The Morgan fingerprint density at radius 3 is 2.48 bits per heavy atom. The summed E-state index contributed by atoms with van der Waals surface area (Å²) in [4.78, 5) is 29.6. The third-order valence-corrected chi connectivity index (χ3v) is 5.02. The van der Waals surface area contributed by atoms with Crippen LogP contribution in [0.2, 0.25) is 0 Å². The van der Waals surface area contributed by atoms with Crippen molar-refractivity contribution in [3.05, 3.63) is 82.3 Å². The average Bonchev–Trinajstić information content (AvgIpc) is 3.17. The molecular formula is C22H17F4N5O2. The van der Waals surface area contributed by atoms with Gasteiger partial charge in [-0.25, -0.2) is 14.1 Å². The number of carbonyl (C=O) groups is 1. The molecule has 1 N–H and O–H groups in total. The van der Waals surface area contributed by atoms with E-state index in [1.807, 2.05) is 0 Å². The molecule has 1 amide bonds. The molecule has 0 unspecified atom stereocenters. The van der Waals surface area contributed by atoms with Crippen LogP contribution >= 0.6 is 0 Å². The van der Waals surface area contributed by atoms with E-state index >= 15 is 0 Å². The lowest BCUT2D eigenvalue weighted by Crippen LogP contribution is -2.26. The van der Waals surface area contributed by atoms with Gasteiger partial charge in [-0.1, -0.05) is 12.1 Å². The summed E-state index contributed by atoms with van der Waals surface area (Å²) in [6, 6.07) is 10.2. The normalized spacial score (nSPS) is 11.7. The van der Waals surface area contributed by atoms with E-state index in [-0.39, 0.29) is 29.7 Å². The summed E-state index contributed by atoms with van der Waals surface area (Å²) in [6.45, 7) is 1.48. The topological polar surface area (TPSA) is 81.8 Å². The summed E-state index contributed by atoms with van der Waals surface area (Å²) in [6.07, 6.45) is -3.53. The van der Waals surface area contributed by atoms with Crippen LogP contribution < -0.4 is 10.9 Å². The maximum absolute atomic E-state index is 13.2. The molecule has 0 aliphatic carbocycles. The molecule has 2 aromatic heterocycles. The Morgan fingerprint density at radius 1 is 1.09 bits per heavy atom. The van der Waals surface area contributed by atoms with Gasteiger partial charge in [0.2, 0.25) is 5.91 Å². The highest BCUT2D eigenvalue weighted by molar-refractivity contribution is 5.91. The molecule has 11 heteroatoms. The molecule has 4 rings (SSSR count). The zero-order valence-corrected chi connectivity index (χ0v) is 17.2. The number of nitrogens with zero attached hydrogens (tertiary/aromatic N) is 4. The van der Waals surface area contributed by atoms with Gasteiger partial charge in [0.1, 0.15) is 17.0 Å². The monoisotopic (exact) mass is 459 g/mol. The highest BCUT2D eigenvalue weighted by Crippen LogP contribution is 2.34. The number of hydrogen-bond acceptors (Lipinski definition) is 4. The van der Waals surface area contributed by atoms with Gasteiger partial charge in [-0.3, -0.25) is 14.2 Å². The predicted molar refractivity (Wildman–Crippen MR) is 113 cm³/mol. The smallest absolute Gasteiger partial charge is 0.325 e. The maximum Gasteiger partial charge on any atom is 0.418 e. The van der Waals surface area contributed by atoms with Crippen molar-refractivity contribution in [1.82, 2.24) is 19.3 Å². The summed E-state index contributed by atoms with van der Waals surface area (Å²) >= 11 is 0. The van der Waals surface area contributed by atoms with Crippen LogP contribution in [0.4, 0.5) is 23.2 Å². The Labute approximate surface area is 184 Å². The zero-order valence-electron chi connectivity index (χ0n) is 17.2. The fourth-order valence-corrected chi connectivity index (χ4v) is 3.41. The predicted octanol–water partition coefficient (Wildman–Crippen LogP) is 4.08. The van der Waals surface area contributed by atoms with Gasteiger partial charge in [-0.15, -0.1) is 0 Å². The first-order valence-corrected chi connectivity index (χ1v) is 9.82. The number of halogens is 4. The fourth-order valence-electron chi connectivity index (χ4n) is 3.41. The van der Waals surface area contributed by atoms with Crippen molar-refractivity contribution in [2.75, 3.05) is 5.32 Å². The van der Waals surface area contributed by atoms with Gasteiger partial charge in [0.25, 0.3) is 5.56 Å². The van der Waals surface area contributed by atoms with Crippen molar-refractivity contribution >= 4 is 22.6 Å². The van der Waals surface area contributed by atoms with Gasteiger partial charge in [0.05, 0.1) is 23.1 Å². The Balaban J connectivity index is 1.56. The van der Waals surface area contributed by atoms with Crippen LogP contribution in [0.5, 0.6) is 0 Å². The second kappa shape index (κ2) is 8.49. The molecule has 0 bridgehead atoms. The number of fused-ring (bicyclic) bond motifs is 1. The van der Waals surface area contributed by atoms with Gasteiger partial charge in [-0.05, 0) is 43.3 Å². The summed E-state index contributed by atoms with van der Waals surface area (Å²) in [5.41, 5.74) is -0.979. The summed E-state index contributed by atoms with van der Waals surface area (Å²) < 4.78 is 55.2. The minimum Gasteiger partial charge on any atom is -0.325 e. The number of anilines is 1. The Kier molecular flexibility index (Phi) is 5.71. The first kappa shape index (κ1) is 22.2. The van der Waals surface area contributed by atoms with Gasteiger partial charge in [0.15, 0.2) is 5.65 Å². The van der Waals surface area contributed by atoms with Crippen molar-refractivity contribution < 1.29 is 22.4 Å². The molecule has 0 atom stereocenters. The molecule has 0 aliphatic heterocycles. The Hall–Kier alpha value is -4.02. The van der Waals surface area contributed by atoms with Crippen molar-refractivity contribution in [3.63, 3.8) is 0 Å². The van der Waals surface area contributed by atoms with Crippen LogP contribution in [-0.4, -0.2) is 25.2 Å². The molecule has 7 nitrogen and oxygen atoms in total.